The summed E-state index contributed by atoms with van der Waals surface area (Å²) < 4.78 is 5.95. The van der Waals surface area contributed by atoms with E-state index in [0.29, 0.717) is 30.0 Å². The summed E-state index contributed by atoms with van der Waals surface area (Å²) >= 11 is 0. The molecule has 0 saturated heterocycles. The Hall–Kier alpha value is -2.82. The molecule has 1 aliphatic rings. The molecule has 3 rings (SSSR count). The number of ether oxygens (including phenoxy) is 1. The van der Waals surface area contributed by atoms with Gasteiger partial charge in [0.2, 0.25) is 0 Å². The third kappa shape index (κ3) is 3.99. The Kier molecular flexibility index (Phi) is 5.33. The molecule has 0 saturated carbocycles. The molecule has 2 aromatic carbocycles. The molecule has 0 bridgehead atoms. The second-order valence-corrected chi connectivity index (χ2v) is 6.08. The van der Waals surface area contributed by atoms with Crippen LogP contribution in [0.3, 0.4) is 0 Å². The van der Waals surface area contributed by atoms with E-state index >= 15 is 0 Å². The van der Waals surface area contributed by atoms with E-state index in [1.807, 2.05) is 36.4 Å². The molecule has 1 heterocycles. The van der Waals surface area contributed by atoms with Gasteiger partial charge in [-0.15, -0.1) is 0 Å². The van der Waals surface area contributed by atoms with E-state index in [1.54, 1.807) is 17.0 Å². The zero-order valence-corrected chi connectivity index (χ0v) is 14.0. The van der Waals surface area contributed by atoms with E-state index in [1.165, 1.54) is 0 Å². The molecular weight excluding hydrogens is 318 g/mol. The van der Waals surface area contributed by atoms with E-state index in [0.717, 1.165) is 24.9 Å². The van der Waals surface area contributed by atoms with E-state index in [-0.39, 0.29) is 12.3 Å². The predicted octanol–water partition coefficient (Wildman–Crippen LogP) is 4.47. The van der Waals surface area contributed by atoms with E-state index in [2.05, 4.69) is 0 Å². The fourth-order valence-electron chi connectivity index (χ4n) is 2.99. The molecule has 25 heavy (non-hydrogen) atoms. The Labute approximate surface area is 146 Å². The number of carboxylic acids is 1. The summed E-state index contributed by atoms with van der Waals surface area (Å²) in [5.41, 5.74) is 1.33. The van der Waals surface area contributed by atoms with Crippen LogP contribution in [0.5, 0.6) is 11.5 Å². The van der Waals surface area contributed by atoms with E-state index in [9.17, 15) is 9.59 Å². The number of amides is 1. The largest absolute Gasteiger partial charge is 0.481 e. The van der Waals surface area contributed by atoms with E-state index < -0.39 is 5.97 Å². The number of hydrogen-bond acceptors (Lipinski definition) is 3. The maximum Gasteiger partial charge on any atom is 0.303 e. The van der Waals surface area contributed by atoms with Crippen LogP contribution < -0.4 is 9.64 Å². The highest BCUT2D eigenvalue weighted by molar-refractivity contribution is 6.09. The number of unbranched alkanes of at least 4 members (excludes halogenated alkanes) is 3. The van der Waals surface area contributed by atoms with Crippen molar-refractivity contribution in [1.29, 1.82) is 0 Å². The maximum atomic E-state index is 13.0. The fraction of sp³-hybridized carbons (Fsp3) is 0.300. The molecule has 0 aliphatic carbocycles. The molecular formula is C20H21NO4. The Morgan fingerprint density at radius 1 is 0.920 bits per heavy atom. The summed E-state index contributed by atoms with van der Waals surface area (Å²) in [6.07, 6.45) is 3.44. The zero-order chi connectivity index (χ0) is 17.6. The molecule has 1 amide bonds. The summed E-state index contributed by atoms with van der Waals surface area (Å²) in [6.45, 7) is 0.584. The lowest BCUT2D eigenvalue weighted by Crippen LogP contribution is -2.31. The molecule has 5 heteroatoms. The molecule has 1 aliphatic heterocycles. The van der Waals surface area contributed by atoms with Crippen LogP contribution in [0.25, 0.3) is 0 Å². The van der Waals surface area contributed by atoms with Gasteiger partial charge in [-0.05, 0) is 37.1 Å². The molecule has 2 aromatic rings. The first-order valence-electron chi connectivity index (χ1n) is 8.56. The van der Waals surface area contributed by atoms with Crippen molar-refractivity contribution in [1.82, 2.24) is 0 Å². The molecule has 5 nitrogen and oxygen atoms in total. The van der Waals surface area contributed by atoms with Crippen molar-refractivity contribution in [2.24, 2.45) is 0 Å². The monoisotopic (exact) mass is 339 g/mol. The third-order valence-corrected chi connectivity index (χ3v) is 4.26. The highest BCUT2D eigenvalue weighted by Crippen LogP contribution is 2.38. The van der Waals surface area contributed by atoms with Gasteiger partial charge in [-0.3, -0.25) is 9.59 Å². The summed E-state index contributed by atoms with van der Waals surface area (Å²) in [4.78, 5) is 25.3. The Bertz CT molecular complexity index is 772. The number of carbonyl (C=O) groups is 2. The lowest BCUT2D eigenvalue weighted by Gasteiger charge is -2.22. The van der Waals surface area contributed by atoms with Gasteiger partial charge in [-0.1, -0.05) is 37.1 Å². The van der Waals surface area contributed by atoms with Gasteiger partial charge >= 0.3 is 5.97 Å². The molecule has 0 fully saturated rings. The first kappa shape index (κ1) is 17.0. The molecule has 0 aromatic heterocycles. The number of hydrogen-bond donors (Lipinski definition) is 1. The van der Waals surface area contributed by atoms with Crippen LogP contribution in [-0.2, 0) is 4.79 Å². The van der Waals surface area contributed by atoms with Crippen molar-refractivity contribution in [3.8, 4) is 11.5 Å². The lowest BCUT2D eigenvalue weighted by atomic mass is 10.1. The number of para-hydroxylation sites is 3. The van der Waals surface area contributed by atoms with Crippen LogP contribution in [-0.4, -0.2) is 23.5 Å². The number of rotatable bonds is 7. The van der Waals surface area contributed by atoms with Gasteiger partial charge in [0.25, 0.3) is 5.91 Å². The molecule has 0 spiro atoms. The van der Waals surface area contributed by atoms with Gasteiger partial charge in [0.1, 0.15) is 5.75 Å². The van der Waals surface area contributed by atoms with Gasteiger partial charge in [0.15, 0.2) is 5.75 Å². The normalized spacial score (nSPS) is 12.8. The standard InChI is InChI=1S/C20H21NO4/c22-19(23)13-3-1-2-8-14-21-16-10-5-7-12-18(16)25-17-11-6-4-9-15(17)20(21)24/h4-7,9-12H,1-3,8,13-14H2,(H,22,23). The second kappa shape index (κ2) is 7.83. The van der Waals surface area contributed by atoms with Crippen molar-refractivity contribution >= 4 is 17.6 Å². The summed E-state index contributed by atoms with van der Waals surface area (Å²) in [7, 11) is 0. The van der Waals surface area contributed by atoms with Crippen molar-refractivity contribution in [2.45, 2.75) is 32.1 Å². The van der Waals surface area contributed by atoms with Crippen LogP contribution in [0, 0.1) is 0 Å². The first-order chi connectivity index (χ1) is 12.2. The van der Waals surface area contributed by atoms with E-state index in [4.69, 9.17) is 9.84 Å². The SMILES string of the molecule is O=C(O)CCCCCCN1C(=O)c2ccccc2Oc2ccccc21. The second-order valence-electron chi connectivity index (χ2n) is 6.08. The number of carboxylic acid groups (broad SMARTS) is 1. The van der Waals surface area contributed by atoms with Crippen LogP contribution in [0.2, 0.25) is 0 Å². The summed E-state index contributed by atoms with van der Waals surface area (Å²) in [5, 5.41) is 8.68. The highest BCUT2D eigenvalue weighted by Gasteiger charge is 2.27. The topological polar surface area (TPSA) is 66.8 Å². The van der Waals surface area contributed by atoms with Crippen molar-refractivity contribution in [3.63, 3.8) is 0 Å². The van der Waals surface area contributed by atoms with Crippen LogP contribution >= 0.6 is 0 Å². The van der Waals surface area contributed by atoms with Crippen molar-refractivity contribution in [3.05, 3.63) is 54.1 Å². The zero-order valence-electron chi connectivity index (χ0n) is 14.0. The minimum absolute atomic E-state index is 0.0638. The van der Waals surface area contributed by atoms with Crippen LogP contribution in [0.1, 0.15) is 42.5 Å². The minimum Gasteiger partial charge on any atom is -0.481 e. The maximum absolute atomic E-state index is 13.0. The smallest absolute Gasteiger partial charge is 0.303 e. The summed E-state index contributed by atoms with van der Waals surface area (Å²) in [6, 6.07) is 14.8. The summed E-state index contributed by atoms with van der Waals surface area (Å²) in [5.74, 6) is 0.423. The Morgan fingerprint density at radius 2 is 1.60 bits per heavy atom. The predicted molar refractivity (Wildman–Crippen MR) is 95.4 cm³/mol. The Morgan fingerprint density at radius 3 is 2.40 bits per heavy atom. The van der Waals surface area contributed by atoms with Crippen molar-refractivity contribution < 1.29 is 19.4 Å². The van der Waals surface area contributed by atoms with Crippen molar-refractivity contribution in [2.75, 3.05) is 11.4 Å². The van der Waals surface area contributed by atoms with Gasteiger partial charge in [-0.25, -0.2) is 0 Å². The molecule has 130 valence electrons. The third-order valence-electron chi connectivity index (χ3n) is 4.26. The molecule has 1 N–H and O–H groups in total. The van der Waals surface area contributed by atoms with Gasteiger partial charge < -0.3 is 14.7 Å². The number of aliphatic carboxylic acids is 1. The number of carbonyl (C=O) groups excluding carboxylic acids is 1. The number of anilines is 1. The van der Waals surface area contributed by atoms with Gasteiger partial charge in [0.05, 0.1) is 11.3 Å². The molecule has 0 radical (unpaired) electrons. The average Bonchev–Trinajstić information content (AvgIpc) is 2.73. The number of fused-ring (bicyclic) bond motifs is 2. The first-order valence-corrected chi connectivity index (χ1v) is 8.56. The number of benzene rings is 2. The quantitative estimate of drug-likeness (QED) is 0.756. The number of nitrogens with zero attached hydrogens (tertiary/aromatic N) is 1. The van der Waals surface area contributed by atoms with Crippen LogP contribution in [0.4, 0.5) is 5.69 Å². The van der Waals surface area contributed by atoms with Gasteiger partial charge in [-0.2, -0.15) is 0 Å². The molecule has 0 atom stereocenters. The molecule has 0 unspecified atom stereocenters. The van der Waals surface area contributed by atoms with Crippen LogP contribution in [0.15, 0.2) is 48.5 Å². The lowest BCUT2D eigenvalue weighted by molar-refractivity contribution is -0.137. The highest BCUT2D eigenvalue weighted by atomic mass is 16.5. The fourth-order valence-corrected chi connectivity index (χ4v) is 2.99. The Balaban J connectivity index is 1.73. The van der Waals surface area contributed by atoms with Gasteiger partial charge in [0, 0.05) is 13.0 Å². The minimum atomic E-state index is -0.759. The average molecular weight is 339 g/mol.